The monoisotopic (exact) mass is 236 g/mol. The van der Waals surface area contributed by atoms with Gasteiger partial charge in [-0.3, -0.25) is 4.57 Å². The summed E-state index contributed by atoms with van der Waals surface area (Å²) in [5.74, 6) is 2.20. The fourth-order valence-corrected chi connectivity index (χ4v) is 3.43. The smallest absolute Gasteiger partial charge is 0.326 e. The Balaban J connectivity index is 2.29. The molecule has 0 bridgehead atoms. The zero-order chi connectivity index (χ0) is 11.1. The molecule has 0 radical (unpaired) electrons. The van der Waals surface area contributed by atoms with Crippen molar-refractivity contribution in [1.82, 2.24) is 9.55 Å². The lowest BCUT2D eigenvalue weighted by atomic mass is 10.2. The van der Waals surface area contributed by atoms with Crippen molar-refractivity contribution in [3.05, 3.63) is 28.7 Å². The first-order chi connectivity index (χ1) is 7.77. The average molecular weight is 236 g/mol. The third-order valence-corrected chi connectivity index (χ3v) is 4.13. The summed E-state index contributed by atoms with van der Waals surface area (Å²) >= 11 is 1.85. The molecule has 1 aliphatic heterocycles. The molecule has 2 N–H and O–H groups in total. The highest BCUT2D eigenvalue weighted by molar-refractivity contribution is 7.99. The van der Waals surface area contributed by atoms with Crippen LogP contribution in [0.5, 0.6) is 5.75 Å². The molecule has 1 aromatic heterocycles. The van der Waals surface area contributed by atoms with Gasteiger partial charge in [-0.05, 0) is 24.3 Å². The molecule has 5 heteroatoms. The number of para-hydroxylation sites is 1. The van der Waals surface area contributed by atoms with Crippen LogP contribution < -0.4 is 5.69 Å². The maximum absolute atomic E-state index is 11.9. The van der Waals surface area contributed by atoms with Gasteiger partial charge in [0.15, 0.2) is 0 Å². The molecule has 1 aliphatic rings. The van der Waals surface area contributed by atoms with Crippen molar-refractivity contribution >= 4 is 22.8 Å². The minimum absolute atomic E-state index is 0.121. The zero-order valence-electron chi connectivity index (χ0n) is 8.64. The molecule has 84 valence electrons. The van der Waals surface area contributed by atoms with Crippen LogP contribution >= 0.6 is 11.8 Å². The summed E-state index contributed by atoms with van der Waals surface area (Å²) in [5, 5.41) is 9.84. The molecule has 0 spiro atoms. The quantitative estimate of drug-likeness (QED) is 0.792. The summed E-state index contributed by atoms with van der Waals surface area (Å²) in [6.45, 7) is 0. The number of imidazole rings is 1. The Morgan fingerprint density at radius 2 is 2.38 bits per heavy atom. The minimum atomic E-state index is -0.121. The Morgan fingerprint density at radius 1 is 1.50 bits per heavy atom. The molecule has 1 unspecified atom stereocenters. The largest absolute Gasteiger partial charge is 0.506 e. The number of aromatic hydroxyl groups is 1. The second-order valence-electron chi connectivity index (χ2n) is 3.99. The maximum atomic E-state index is 11.9. The number of phenolic OH excluding ortho intramolecular Hbond substituents is 1. The van der Waals surface area contributed by atoms with Gasteiger partial charge in [-0.15, -0.1) is 0 Å². The van der Waals surface area contributed by atoms with Gasteiger partial charge in [-0.1, -0.05) is 6.07 Å². The number of aromatic nitrogens is 2. The van der Waals surface area contributed by atoms with Crippen LogP contribution in [0.25, 0.3) is 11.0 Å². The molecule has 2 heterocycles. The summed E-state index contributed by atoms with van der Waals surface area (Å²) < 4.78 is 1.70. The van der Waals surface area contributed by atoms with E-state index in [2.05, 4.69) is 4.98 Å². The van der Waals surface area contributed by atoms with Gasteiger partial charge in [0.1, 0.15) is 11.3 Å². The van der Waals surface area contributed by atoms with E-state index in [1.54, 1.807) is 16.7 Å². The van der Waals surface area contributed by atoms with Crippen LogP contribution in [0, 0.1) is 0 Å². The van der Waals surface area contributed by atoms with Crippen molar-refractivity contribution in [3.8, 4) is 5.75 Å². The lowest BCUT2D eigenvalue weighted by Gasteiger charge is -2.10. The van der Waals surface area contributed by atoms with Gasteiger partial charge in [0, 0.05) is 11.8 Å². The molecule has 0 saturated carbocycles. The van der Waals surface area contributed by atoms with Crippen molar-refractivity contribution in [2.45, 2.75) is 12.5 Å². The van der Waals surface area contributed by atoms with Gasteiger partial charge < -0.3 is 10.1 Å². The predicted molar refractivity (Wildman–Crippen MR) is 65.2 cm³/mol. The highest BCUT2D eigenvalue weighted by atomic mass is 32.2. The number of fused-ring (bicyclic) bond motifs is 1. The topological polar surface area (TPSA) is 58.0 Å². The molecule has 1 fully saturated rings. The molecule has 1 aromatic carbocycles. The maximum Gasteiger partial charge on any atom is 0.326 e. The highest BCUT2D eigenvalue weighted by Crippen LogP contribution is 2.31. The molecule has 0 amide bonds. The number of nitrogens with zero attached hydrogens (tertiary/aromatic N) is 1. The Hall–Kier alpha value is -1.36. The summed E-state index contributed by atoms with van der Waals surface area (Å²) in [4.78, 5) is 14.6. The number of nitrogens with one attached hydrogen (secondary N) is 1. The first-order valence-electron chi connectivity index (χ1n) is 5.27. The number of hydrogen-bond acceptors (Lipinski definition) is 3. The number of phenols is 1. The normalized spacial score (nSPS) is 20.6. The van der Waals surface area contributed by atoms with E-state index in [9.17, 15) is 9.90 Å². The van der Waals surface area contributed by atoms with Crippen molar-refractivity contribution in [2.24, 2.45) is 0 Å². The molecule has 1 saturated heterocycles. The molecule has 2 aromatic rings. The molecular formula is C11H12N2O2S. The number of benzene rings is 1. The number of aromatic amines is 1. The summed E-state index contributed by atoms with van der Waals surface area (Å²) in [5.41, 5.74) is 1.23. The zero-order valence-corrected chi connectivity index (χ0v) is 9.46. The van der Waals surface area contributed by atoms with Crippen molar-refractivity contribution in [3.63, 3.8) is 0 Å². The van der Waals surface area contributed by atoms with E-state index in [4.69, 9.17) is 0 Å². The van der Waals surface area contributed by atoms with E-state index >= 15 is 0 Å². The van der Waals surface area contributed by atoms with Gasteiger partial charge in [-0.25, -0.2) is 4.79 Å². The van der Waals surface area contributed by atoms with Crippen molar-refractivity contribution in [1.29, 1.82) is 0 Å². The summed E-state index contributed by atoms with van der Waals surface area (Å²) in [7, 11) is 0. The molecule has 16 heavy (non-hydrogen) atoms. The van der Waals surface area contributed by atoms with Crippen molar-refractivity contribution in [2.75, 3.05) is 11.5 Å². The predicted octanol–water partition coefficient (Wildman–Crippen LogP) is 1.71. The van der Waals surface area contributed by atoms with Crippen molar-refractivity contribution < 1.29 is 5.11 Å². The number of H-pyrrole nitrogens is 1. The van der Waals surface area contributed by atoms with Crippen LogP contribution in [0.2, 0.25) is 0 Å². The van der Waals surface area contributed by atoms with Crippen LogP contribution in [0.4, 0.5) is 0 Å². The Bertz CT molecular complexity index is 581. The lowest BCUT2D eigenvalue weighted by molar-refractivity contribution is 0.471. The van der Waals surface area contributed by atoms with Crippen LogP contribution in [-0.2, 0) is 0 Å². The Labute approximate surface area is 96.3 Å². The summed E-state index contributed by atoms with van der Waals surface area (Å²) in [6, 6.07) is 5.38. The SMILES string of the molecule is O=c1[nH]c2cccc(O)c2n1C1CCSC1. The van der Waals surface area contributed by atoms with Crippen LogP contribution in [0.15, 0.2) is 23.0 Å². The molecule has 4 nitrogen and oxygen atoms in total. The fourth-order valence-electron chi connectivity index (χ4n) is 2.24. The molecular weight excluding hydrogens is 224 g/mol. The third-order valence-electron chi connectivity index (χ3n) is 2.99. The van der Waals surface area contributed by atoms with Gasteiger partial charge in [-0.2, -0.15) is 11.8 Å². The lowest BCUT2D eigenvalue weighted by Crippen LogP contribution is -2.21. The van der Waals surface area contributed by atoms with E-state index in [0.717, 1.165) is 17.9 Å². The molecule has 1 atom stereocenters. The fraction of sp³-hybridized carbons (Fsp3) is 0.364. The first-order valence-corrected chi connectivity index (χ1v) is 6.43. The standard InChI is InChI=1S/C11H12N2O2S/c14-9-3-1-2-8-10(9)13(11(15)12-8)7-4-5-16-6-7/h1-3,7,14H,4-6H2,(H,12,15). The van der Waals surface area contributed by atoms with Gasteiger partial charge >= 0.3 is 5.69 Å². The Morgan fingerprint density at radius 3 is 3.12 bits per heavy atom. The number of hydrogen-bond donors (Lipinski definition) is 2. The van der Waals surface area contributed by atoms with E-state index in [-0.39, 0.29) is 17.5 Å². The second kappa shape index (κ2) is 3.59. The average Bonchev–Trinajstić information content (AvgIpc) is 2.84. The molecule has 0 aliphatic carbocycles. The van der Waals surface area contributed by atoms with Gasteiger partial charge in [0.05, 0.1) is 5.52 Å². The van der Waals surface area contributed by atoms with Gasteiger partial charge in [0.2, 0.25) is 0 Å². The number of thioether (sulfide) groups is 1. The van der Waals surface area contributed by atoms with Crippen LogP contribution in [0.3, 0.4) is 0 Å². The highest BCUT2D eigenvalue weighted by Gasteiger charge is 2.22. The summed E-state index contributed by atoms with van der Waals surface area (Å²) in [6.07, 6.45) is 0.992. The minimum Gasteiger partial charge on any atom is -0.506 e. The van der Waals surface area contributed by atoms with Gasteiger partial charge in [0.25, 0.3) is 0 Å². The van der Waals surface area contributed by atoms with E-state index in [1.807, 2.05) is 17.8 Å². The first kappa shape index (κ1) is 9.84. The van der Waals surface area contributed by atoms with Crippen LogP contribution in [-0.4, -0.2) is 26.2 Å². The Kier molecular flexibility index (Phi) is 2.21. The van der Waals surface area contributed by atoms with Crippen LogP contribution in [0.1, 0.15) is 12.5 Å². The number of rotatable bonds is 1. The van der Waals surface area contributed by atoms with E-state index in [0.29, 0.717) is 11.0 Å². The van der Waals surface area contributed by atoms with E-state index in [1.165, 1.54) is 0 Å². The van der Waals surface area contributed by atoms with E-state index < -0.39 is 0 Å². The third kappa shape index (κ3) is 1.35. The molecule has 3 rings (SSSR count). The second-order valence-corrected chi connectivity index (χ2v) is 5.14.